The van der Waals surface area contributed by atoms with Crippen molar-refractivity contribution in [3.63, 3.8) is 0 Å². The predicted octanol–water partition coefficient (Wildman–Crippen LogP) is 3.49. The van der Waals surface area contributed by atoms with E-state index < -0.39 is 5.54 Å². The molecular formula is C24H36N4O2. The number of hydrogen-bond acceptors (Lipinski definition) is 4. The van der Waals surface area contributed by atoms with Crippen molar-refractivity contribution in [3.8, 4) is 0 Å². The summed E-state index contributed by atoms with van der Waals surface area (Å²) in [6, 6.07) is 4.12. The number of rotatable bonds is 7. The number of carbonyl (C=O) groups is 1. The summed E-state index contributed by atoms with van der Waals surface area (Å²) in [5.41, 5.74) is 1.88. The van der Waals surface area contributed by atoms with E-state index in [1.807, 2.05) is 32.3 Å². The van der Waals surface area contributed by atoms with Gasteiger partial charge in [0.25, 0.3) is 0 Å². The molecule has 0 radical (unpaired) electrons. The van der Waals surface area contributed by atoms with Gasteiger partial charge in [0, 0.05) is 24.3 Å². The van der Waals surface area contributed by atoms with Gasteiger partial charge in [-0.1, -0.05) is 26.8 Å². The van der Waals surface area contributed by atoms with E-state index in [0.717, 1.165) is 43.0 Å². The molecule has 1 amide bonds. The van der Waals surface area contributed by atoms with Gasteiger partial charge in [0.2, 0.25) is 5.91 Å². The fourth-order valence-corrected chi connectivity index (χ4v) is 4.85. The Morgan fingerprint density at radius 2 is 2.00 bits per heavy atom. The van der Waals surface area contributed by atoms with Crippen LogP contribution in [-0.2, 0) is 21.7 Å². The summed E-state index contributed by atoms with van der Waals surface area (Å²) < 4.78 is 8.03. The molecule has 3 atom stereocenters. The normalized spacial score (nSPS) is 24.0. The second-order valence-corrected chi connectivity index (χ2v) is 10.8. The fourth-order valence-electron chi connectivity index (χ4n) is 4.85. The van der Waals surface area contributed by atoms with Gasteiger partial charge in [-0.25, -0.2) is 4.98 Å². The van der Waals surface area contributed by atoms with Gasteiger partial charge in [0.15, 0.2) is 0 Å². The second-order valence-electron chi connectivity index (χ2n) is 10.8. The molecule has 1 saturated carbocycles. The minimum absolute atomic E-state index is 0.142. The number of carbonyl (C=O) groups excluding carboxylic acids is 1. The summed E-state index contributed by atoms with van der Waals surface area (Å²) in [5, 5.41) is 6.70. The monoisotopic (exact) mass is 412 g/mol. The van der Waals surface area contributed by atoms with Crippen LogP contribution in [0.25, 0.3) is 5.52 Å². The number of hydrogen-bond donors (Lipinski definition) is 2. The summed E-state index contributed by atoms with van der Waals surface area (Å²) in [6.45, 7) is 14.0. The van der Waals surface area contributed by atoms with Crippen molar-refractivity contribution in [1.82, 2.24) is 20.0 Å². The van der Waals surface area contributed by atoms with Crippen molar-refractivity contribution in [3.05, 3.63) is 35.9 Å². The van der Waals surface area contributed by atoms with Crippen LogP contribution in [0.5, 0.6) is 0 Å². The third-order valence-corrected chi connectivity index (χ3v) is 6.64. The molecule has 1 aliphatic heterocycles. The molecule has 3 heterocycles. The predicted molar refractivity (Wildman–Crippen MR) is 118 cm³/mol. The Morgan fingerprint density at radius 1 is 1.27 bits per heavy atom. The molecule has 0 spiro atoms. The van der Waals surface area contributed by atoms with E-state index >= 15 is 0 Å². The molecule has 2 bridgehead atoms. The highest BCUT2D eigenvalue weighted by Crippen LogP contribution is 2.43. The molecule has 1 aliphatic carbocycles. The molecule has 4 rings (SSSR count). The molecular weight excluding hydrogens is 376 g/mol. The van der Waals surface area contributed by atoms with Crippen molar-refractivity contribution < 1.29 is 9.53 Å². The topological polar surface area (TPSA) is 67.7 Å². The lowest BCUT2D eigenvalue weighted by Crippen LogP contribution is -2.60. The summed E-state index contributed by atoms with van der Waals surface area (Å²) in [5.74, 6) is 2.12. The minimum Gasteiger partial charge on any atom is -0.377 e. The lowest BCUT2D eigenvalue weighted by Gasteiger charge is -2.49. The molecule has 6 nitrogen and oxygen atoms in total. The van der Waals surface area contributed by atoms with Gasteiger partial charge in [-0.2, -0.15) is 0 Å². The molecule has 30 heavy (non-hydrogen) atoms. The zero-order valence-electron chi connectivity index (χ0n) is 19.0. The van der Waals surface area contributed by atoms with Crippen molar-refractivity contribution in [2.24, 2.45) is 23.2 Å². The van der Waals surface area contributed by atoms with Crippen LogP contribution in [0.3, 0.4) is 0 Å². The Morgan fingerprint density at radius 3 is 2.67 bits per heavy atom. The van der Waals surface area contributed by atoms with Gasteiger partial charge in [-0.15, -0.1) is 0 Å². The highest BCUT2D eigenvalue weighted by Gasteiger charge is 2.48. The number of pyridine rings is 1. The molecule has 2 aliphatic rings. The van der Waals surface area contributed by atoms with Crippen LogP contribution in [0.4, 0.5) is 0 Å². The van der Waals surface area contributed by atoms with Crippen molar-refractivity contribution in [2.45, 2.75) is 59.6 Å². The average Bonchev–Trinajstić information content (AvgIpc) is 3.10. The van der Waals surface area contributed by atoms with Crippen LogP contribution >= 0.6 is 0 Å². The van der Waals surface area contributed by atoms with Crippen LogP contribution in [0.15, 0.2) is 24.5 Å². The van der Waals surface area contributed by atoms with Crippen LogP contribution in [0, 0.1) is 23.2 Å². The van der Waals surface area contributed by atoms with Gasteiger partial charge in [0.05, 0.1) is 23.9 Å². The number of amides is 1. The first-order valence-electron chi connectivity index (χ1n) is 11.2. The maximum atomic E-state index is 13.0. The Bertz CT molecular complexity index is 898. The number of ether oxygens (including phenoxy) is 1. The summed E-state index contributed by atoms with van der Waals surface area (Å²) in [7, 11) is 0. The average molecular weight is 413 g/mol. The summed E-state index contributed by atoms with van der Waals surface area (Å²) in [4.78, 5) is 17.7. The molecule has 2 fully saturated rings. The Labute approximate surface area is 179 Å². The highest BCUT2D eigenvalue weighted by atomic mass is 16.5. The Hall–Kier alpha value is -1.92. The SMILES string of the molecule is CC(C)(C)CCOCc1cccn2c(C(C)(C)NC(=O)C3[C@@H]4CNC[C@H]3C4)ncc12. The van der Waals surface area contributed by atoms with Crippen LogP contribution < -0.4 is 10.6 Å². The Kier molecular flexibility index (Phi) is 5.66. The molecule has 164 valence electrons. The van der Waals surface area contributed by atoms with E-state index in [0.29, 0.717) is 18.4 Å². The molecule has 2 N–H and O–H groups in total. The quantitative estimate of drug-likeness (QED) is 0.683. The first-order valence-corrected chi connectivity index (χ1v) is 11.2. The molecule has 1 unspecified atom stereocenters. The van der Waals surface area contributed by atoms with Crippen LogP contribution in [-0.4, -0.2) is 35.0 Å². The van der Waals surface area contributed by atoms with Gasteiger partial charge in [-0.3, -0.25) is 4.79 Å². The largest absolute Gasteiger partial charge is 0.377 e. The molecule has 2 aromatic rings. The van der Waals surface area contributed by atoms with Gasteiger partial charge < -0.3 is 19.8 Å². The number of nitrogens with one attached hydrogen (secondary N) is 2. The first kappa shape index (κ1) is 21.3. The van der Waals surface area contributed by atoms with E-state index in [4.69, 9.17) is 9.72 Å². The fraction of sp³-hybridized carbons (Fsp3) is 0.667. The van der Waals surface area contributed by atoms with E-state index in [1.54, 1.807) is 0 Å². The summed E-state index contributed by atoms with van der Waals surface area (Å²) in [6.07, 6.45) is 6.12. The van der Waals surface area contributed by atoms with E-state index in [1.165, 1.54) is 6.42 Å². The zero-order valence-corrected chi connectivity index (χ0v) is 19.0. The van der Waals surface area contributed by atoms with Gasteiger partial charge >= 0.3 is 0 Å². The number of fused-ring (bicyclic) bond motifs is 3. The molecule has 1 saturated heterocycles. The number of piperidine rings is 2. The standard InChI is InChI=1S/C24H36N4O2/c1-23(2,3)8-10-30-15-16-7-6-9-28-19(16)14-26-22(28)24(4,5)27-21(29)20-17-11-18(20)13-25-12-17/h6-7,9,14,17-18,20,25H,8,10-13,15H2,1-5H3,(H,27,29)/t17-,18+,20?. The van der Waals surface area contributed by atoms with Crippen molar-refractivity contribution in [1.29, 1.82) is 0 Å². The first-order chi connectivity index (χ1) is 14.2. The van der Waals surface area contributed by atoms with Crippen molar-refractivity contribution in [2.75, 3.05) is 19.7 Å². The molecule has 0 aromatic carbocycles. The smallest absolute Gasteiger partial charge is 0.224 e. The Balaban J connectivity index is 1.46. The van der Waals surface area contributed by atoms with E-state index in [2.05, 4.69) is 41.9 Å². The third-order valence-electron chi connectivity index (χ3n) is 6.64. The zero-order chi connectivity index (χ0) is 21.5. The summed E-state index contributed by atoms with van der Waals surface area (Å²) >= 11 is 0. The minimum atomic E-state index is -0.549. The lowest BCUT2D eigenvalue weighted by atomic mass is 9.61. The highest BCUT2D eigenvalue weighted by molar-refractivity contribution is 5.81. The third kappa shape index (κ3) is 4.26. The number of nitrogens with zero attached hydrogens (tertiary/aromatic N) is 2. The van der Waals surface area contributed by atoms with Gasteiger partial charge in [0.1, 0.15) is 5.82 Å². The maximum absolute atomic E-state index is 13.0. The maximum Gasteiger partial charge on any atom is 0.224 e. The number of imidazole rings is 1. The lowest BCUT2D eigenvalue weighted by molar-refractivity contribution is -0.138. The second kappa shape index (κ2) is 7.97. The van der Waals surface area contributed by atoms with E-state index in [9.17, 15) is 4.79 Å². The van der Waals surface area contributed by atoms with E-state index in [-0.39, 0.29) is 17.2 Å². The van der Waals surface area contributed by atoms with Crippen LogP contribution in [0.2, 0.25) is 0 Å². The van der Waals surface area contributed by atoms with Crippen molar-refractivity contribution >= 4 is 11.4 Å². The molecule has 2 aromatic heterocycles. The molecule has 6 heteroatoms. The van der Waals surface area contributed by atoms with Gasteiger partial charge in [-0.05, 0) is 63.1 Å². The van der Waals surface area contributed by atoms with Crippen LogP contribution in [0.1, 0.15) is 58.8 Å². The number of aromatic nitrogens is 2.